The molecule has 3 heterocycles. The molecule has 0 saturated carbocycles. The van der Waals surface area contributed by atoms with Gasteiger partial charge in [-0.2, -0.15) is 0 Å². The Kier molecular flexibility index (Phi) is 6.42. The molecular weight excluding hydrogens is 417 g/mol. The van der Waals surface area contributed by atoms with E-state index in [-0.39, 0.29) is 12.4 Å². The Bertz CT molecular complexity index is 1040. The van der Waals surface area contributed by atoms with Crippen molar-refractivity contribution in [2.75, 3.05) is 26.7 Å². The minimum absolute atomic E-state index is 0. The molecule has 7 heteroatoms. The summed E-state index contributed by atoms with van der Waals surface area (Å²) in [5.41, 5.74) is 5.72. The molecule has 0 spiro atoms. The first kappa shape index (κ1) is 21.9. The van der Waals surface area contributed by atoms with Gasteiger partial charge in [0.05, 0.1) is 12.7 Å². The molecule has 5 rings (SSSR count). The van der Waals surface area contributed by atoms with E-state index >= 15 is 4.39 Å². The van der Waals surface area contributed by atoms with Crippen LogP contribution in [-0.2, 0) is 12.2 Å². The zero-order valence-corrected chi connectivity index (χ0v) is 18.5. The fourth-order valence-electron chi connectivity index (χ4n) is 4.89. The summed E-state index contributed by atoms with van der Waals surface area (Å²) >= 11 is 0. The van der Waals surface area contributed by atoms with Gasteiger partial charge in [0.2, 0.25) is 5.79 Å². The Balaban J connectivity index is 0.00000231. The molecule has 2 atom stereocenters. The number of alkyl halides is 1. The molecule has 0 aliphatic carbocycles. The molecule has 0 amide bonds. The molecule has 2 N–H and O–H groups in total. The maximum absolute atomic E-state index is 15.5. The number of aromatic nitrogens is 1. The van der Waals surface area contributed by atoms with E-state index in [0.29, 0.717) is 23.7 Å². The van der Waals surface area contributed by atoms with E-state index < -0.39 is 5.79 Å². The van der Waals surface area contributed by atoms with Gasteiger partial charge in [0, 0.05) is 30.1 Å². The third-order valence-electron chi connectivity index (χ3n) is 6.47. The average molecular weight is 446 g/mol. The van der Waals surface area contributed by atoms with E-state index in [1.807, 2.05) is 30.3 Å². The van der Waals surface area contributed by atoms with Crippen LogP contribution in [0.25, 0.3) is 10.9 Å². The van der Waals surface area contributed by atoms with Gasteiger partial charge in [0.25, 0.3) is 0 Å². The highest BCUT2D eigenvalue weighted by Crippen LogP contribution is 2.42. The van der Waals surface area contributed by atoms with Crippen LogP contribution in [-0.4, -0.2) is 36.6 Å². The van der Waals surface area contributed by atoms with Gasteiger partial charge in [0.15, 0.2) is 5.75 Å². The van der Waals surface area contributed by atoms with Crippen LogP contribution in [0, 0.1) is 5.92 Å². The first-order chi connectivity index (χ1) is 14.6. The van der Waals surface area contributed by atoms with Gasteiger partial charge in [-0.1, -0.05) is 18.2 Å². The van der Waals surface area contributed by atoms with Crippen LogP contribution < -0.4 is 15.1 Å². The number of H-pyrrole nitrogens is 1. The lowest BCUT2D eigenvalue weighted by molar-refractivity contribution is 0.00190. The van der Waals surface area contributed by atoms with Crippen LogP contribution in [0.2, 0.25) is 0 Å². The molecule has 31 heavy (non-hydrogen) atoms. The van der Waals surface area contributed by atoms with Gasteiger partial charge < -0.3 is 19.5 Å². The number of likely N-dealkylation sites (tertiary alicyclic amines) is 1. The molecule has 5 nitrogen and oxygen atoms in total. The summed E-state index contributed by atoms with van der Waals surface area (Å²) < 4.78 is 20.8. The Morgan fingerprint density at radius 1 is 1.26 bits per heavy atom. The lowest BCUT2D eigenvalue weighted by atomic mass is 9.92. The number of nitrogens with zero attached hydrogens (tertiary/aromatic N) is 1. The molecule has 2 aliphatic rings. The summed E-state index contributed by atoms with van der Waals surface area (Å²) in [6.45, 7) is 3.01. The van der Waals surface area contributed by atoms with Crippen molar-refractivity contribution >= 4 is 23.3 Å². The molecule has 1 saturated heterocycles. The van der Waals surface area contributed by atoms with Gasteiger partial charge in [-0.3, -0.25) is 0 Å². The first-order valence-corrected chi connectivity index (χ1v) is 10.7. The zero-order chi connectivity index (χ0) is 20.6. The van der Waals surface area contributed by atoms with Crippen molar-refractivity contribution < 1.29 is 14.0 Å². The van der Waals surface area contributed by atoms with Crippen molar-refractivity contribution in [3.05, 3.63) is 59.8 Å². The molecular formula is C24H29ClFN3O2. The Labute approximate surface area is 188 Å². The molecule has 0 radical (unpaired) electrons. The number of aromatic amines is 1. The van der Waals surface area contributed by atoms with Crippen molar-refractivity contribution in [2.24, 2.45) is 5.92 Å². The largest absolute Gasteiger partial charge is 0.497 e. The number of rotatable bonds is 7. The molecule has 3 aromatic rings. The summed E-state index contributed by atoms with van der Waals surface area (Å²) in [7, 11) is 1.70. The number of ether oxygens (including phenoxy) is 1. The predicted octanol–water partition coefficient (Wildman–Crippen LogP) is 4.96. The topological polar surface area (TPSA) is 49.5 Å². The molecule has 166 valence electrons. The summed E-state index contributed by atoms with van der Waals surface area (Å²) in [4.78, 5) is 11.2. The number of para-hydroxylation sites is 1. The van der Waals surface area contributed by atoms with Gasteiger partial charge in [0.1, 0.15) is 5.75 Å². The summed E-state index contributed by atoms with van der Waals surface area (Å²) in [6, 6.07) is 13.5. The molecule has 1 fully saturated rings. The highest BCUT2D eigenvalue weighted by molar-refractivity contribution is 5.85. The Hall–Kier alpha value is -2.28. The normalized spacial score (nSPS) is 22.8. The van der Waals surface area contributed by atoms with Crippen LogP contribution in [0.1, 0.15) is 30.4 Å². The lowest BCUT2D eigenvalue weighted by Crippen LogP contribution is -2.36. The quantitative estimate of drug-likeness (QED) is 0.504. The number of hydrogen-bond acceptors (Lipinski definition) is 4. The maximum atomic E-state index is 15.5. The van der Waals surface area contributed by atoms with Crippen molar-refractivity contribution in [3.63, 3.8) is 0 Å². The highest BCUT2D eigenvalue weighted by Gasteiger charge is 2.43. The molecule has 2 aromatic carbocycles. The van der Waals surface area contributed by atoms with Crippen LogP contribution >= 0.6 is 12.4 Å². The number of hydrogen-bond donors (Lipinski definition) is 2. The molecule has 0 bridgehead atoms. The van der Waals surface area contributed by atoms with Crippen molar-refractivity contribution in [3.8, 4) is 11.5 Å². The third kappa shape index (κ3) is 4.38. The zero-order valence-electron chi connectivity index (χ0n) is 17.7. The number of benzene rings is 2. The van der Waals surface area contributed by atoms with Crippen LogP contribution in [0.4, 0.5) is 4.39 Å². The van der Waals surface area contributed by atoms with Gasteiger partial charge in [-0.15, -0.1) is 17.9 Å². The smallest absolute Gasteiger partial charge is 0.221 e. The molecule has 1 aromatic heterocycles. The number of methoxy groups -OCH3 is 1. The number of hydroxylamine groups is 1. The SMILES string of the molecule is COc1ccc2[nH]cc(CCCN3CCC(CC4(F)NOc5ccccc54)C3)c2c1.Cl. The molecule has 2 unspecified atom stereocenters. The van der Waals surface area contributed by atoms with E-state index in [2.05, 4.69) is 33.7 Å². The number of aryl methyl sites for hydroxylation is 1. The summed E-state index contributed by atoms with van der Waals surface area (Å²) in [5.74, 6) is 0.233. The second-order valence-corrected chi connectivity index (χ2v) is 8.49. The highest BCUT2D eigenvalue weighted by atomic mass is 35.5. The fourth-order valence-corrected chi connectivity index (χ4v) is 4.89. The van der Waals surface area contributed by atoms with E-state index in [1.165, 1.54) is 10.9 Å². The standard InChI is InChI=1S/C24H28FN3O2.ClH/c1-29-19-8-9-22-20(13-19)18(15-26-22)5-4-11-28-12-10-17(16-28)14-24(25)21-6-2-3-7-23(21)30-27-24;/h2-3,6-9,13,15,17,26-27H,4-5,10-12,14,16H2,1H3;1H. The number of fused-ring (bicyclic) bond motifs is 2. The van der Waals surface area contributed by atoms with E-state index in [4.69, 9.17) is 9.57 Å². The maximum Gasteiger partial charge on any atom is 0.221 e. The predicted molar refractivity (Wildman–Crippen MR) is 123 cm³/mol. The molecule has 2 aliphatic heterocycles. The fraction of sp³-hybridized carbons (Fsp3) is 0.417. The summed E-state index contributed by atoms with van der Waals surface area (Å²) in [5, 5.41) is 1.24. The van der Waals surface area contributed by atoms with E-state index in [1.54, 1.807) is 7.11 Å². The van der Waals surface area contributed by atoms with Crippen molar-refractivity contribution in [1.29, 1.82) is 0 Å². The van der Waals surface area contributed by atoms with Gasteiger partial charge >= 0.3 is 0 Å². The van der Waals surface area contributed by atoms with E-state index in [9.17, 15) is 0 Å². The van der Waals surface area contributed by atoms with Crippen LogP contribution in [0.5, 0.6) is 11.5 Å². The number of halogens is 2. The second-order valence-electron chi connectivity index (χ2n) is 8.49. The van der Waals surface area contributed by atoms with Gasteiger partial charge in [-0.25, -0.2) is 4.39 Å². The number of nitrogens with one attached hydrogen (secondary N) is 2. The van der Waals surface area contributed by atoms with Crippen LogP contribution in [0.3, 0.4) is 0 Å². The minimum Gasteiger partial charge on any atom is -0.497 e. The third-order valence-corrected chi connectivity index (χ3v) is 6.47. The van der Waals surface area contributed by atoms with E-state index in [0.717, 1.165) is 50.2 Å². The summed E-state index contributed by atoms with van der Waals surface area (Å²) in [6.07, 6.45) is 5.68. The Morgan fingerprint density at radius 3 is 3.00 bits per heavy atom. The van der Waals surface area contributed by atoms with Crippen molar-refractivity contribution in [2.45, 2.75) is 31.5 Å². The van der Waals surface area contributed by atoms with Crippen molar-refractivity contribution in [1.82, 2.24) is 15.4 Å². The first-order valence-electron chi connectivity index (χ1n) is 10.7. The second kappa shape index (κ2) is 9.07. The average Bonchev–Trinajstić information content (AvgIpc) is 3.47. The lowest BCUT2D eigenvalue weighted by Gasteiger charge is -2.23. The monoisotopic (exact) mass is 445 g/mol. The Morgan fingerprint density at radius 2 is 2.13 bits per heavy atom. The minimum atomic E-state index is -1.58. The van der Waals surface area contributed by atoms with Crippen LogP contribution in [0.15, 0.2) is 48.7 Å². The van der Waals surface area contributed by atoms with Gasteiger partial charge in [-0.05, 0) is 68.1 Å².